The lowest BCUT2D eigenvalue weighted by atomic mass is 10.2. The van der Waals surface area contributed by atoms with E-state index >= 15 is 0 Å². The molecule has 0 N–H and O–H groups in total. The zero-order chi connectivity index (χ0) is 12.9. The van der Waals surface area contributed by atoms with E-state index in [0.717, 1.165) is 51.7 Å². The molecule has 0 aliphatic rings. The summed E-state index contributed by atoms with van der Waals surface area (Å²) in [5.74, 6) is -0.174. The van der Waals surface area contributed by atoms with E-state index in [1.54, 1.807) is 0 Å². The highest BCUT2D eigenvalue weighted by Crippen LogP contribution is 2.09. The molecule has 0 aromatic rings. The van der Waals surface area contributed by atoms with Gasteiger partial charge in [-0.05, 0) is 32.6 Å². The number of rotatable bonds is 11. The van der Waals surface area contributed by atoms with Crippen LogP contribution >= 0.6 is 12.6 Å². The molecule has 4 heteroatoms. The van der Waals surface area contributed by atoms with Crippen molar-refractivity contribution in [1.29, 1.82) is 0 Å². The van der Waals surface area contributed by atoms with Crippen molar-refractivity contribution in [2.45, 2.75) is 57.6 Å². The minimum absolute atomic E-state index is 0.174. The molecule has 0 radical (unpaired) electrons. The minimum Gasteiger partial charge on any atom is -0.465 e. The van der Waals surface area contributed by atoms with Gasteiger partial charge >= 0.3 is 5.97 Å². The Kier molecular flexibility index (Phi) is 12.1. The highest BCUT2D eigenvalue weighted by molar-refractivity contribution is 7.81. The fraction of sp³-hybridized carbons (Fsp3) is 0.923. The molecule has 0 heterocycles. The molecule has 0 aliphatic heterocycles. The maximum Gasteiger partial charge on any atom is 0.318 e. The Morgan fingerprint density at radius 3 is 2.47 bits per heavy atom. The molecule has 1 atom stereocenters. The Morgan fingerprint density at radius 2 is 1.82 bits per heavy atom. The molecule has 1 unspecified atom stereocenters. The summed E-state index contributed by atoms with van der Waals surface area (Å²) < 4.78 is 10.4. The van der Waals surface area contributed by atoms with Crippen molar-refractivity contribution in [1.82, 2.24) is 0 Å². The smallest absolute Gasteiger partial charge is 0.318 e. The molecular formula is C13H26O3S. The van der Waals surface area contributed by atoms with E-state index in [2.05, 4.69) is 19.6 Å². The van der Waals surface area contributed by atoms with Gasteiger partial charge in [0.1, 0.15) is 0 Å². The van der Waals surface area contributed by atoms with Gasteiger partial charge in [0.05, 0.1) is 11.9 Å². The molecule has 0 saturated carbocycles. The predicted molar refractivity (Wildman–Crippen MR) is 73.6 cm³/mol. The summed E-state index contributed by atoms with van der Waals surface area (Å²) in [6.07, 6.45) is 5.90. The third-order valence-electron chi connectivity index (χ3n) is 2.48. The van der Waals surface area contributed by atoms with Gasteiger partial charge in [-0.25, -0.2) is 0 Å². The van der Waals surface area contributed by atoms with Crippen LogP contribution in [0.2, 0.25) is 0 Å². The predicted octanol–water partition coefficient (Wildman–Crippen LogP) is 3.23. The third-order valence-corrected chi connectivity index (χ3v) is 2.95. The zero-order valence-corrected chi connectivity index (χ0v) is 12.0. The van der Waals surface area contributed by atoms with Crippen LogP contribution in [-0.4, -0.2) is 31.0 Å². The van der Waals surface area contributed by atoms with E-state index in [4.69, 9.17) is 9.47 Å². The Labute approximate surface area is 111 Å². The van der Waals surface area contributed by atoms with Gasteiger partial charge in [-0.15, -0.1) is 0 Å². The molecule has 0 spiro atoms. The van der Waals surface area contributed by atoms with Gasteiger partial charge in [0.25, 0.3) is 0 Å². The van der Waals surface area contributed by atoms with E-state index in [1.165, 1.54) is 0 Å². The summed E-state index contributed by atoms with van der Waals surface area (Å²) in [6, 6.07) is 0. The molecule has 17 heavy (non-hydrogen) atoms. The minimum atomic E-state index is -0.252. The van der Waals surface area contributed by atoms with Crippen molar-refractivity contribution in [3.8, 4) is 0 Å². The van der Waals surface area contributed by atoms with Crippen LogP contribution in [0.5, 0.6) is 0 Å². The molecule has 0 amide bonds. The summed E-state index contributed by atoms with van der Waals surface area (Å²) in [6.45, 7) is 6.17. The summed E-state index contributed by atoms with van der Waals surface area (Å²) in [4.78, 5) is 11.5. The Bertz CT molecular complexity index is 186. The molecule has 0 rings (SSSR count). The first-order valence-electron chi connectivity index (χ1n) is 6.64. The normalized spacial score (nSPS) is 12.4. The molecular weight excluding hydrogens is 236 g/mol. The second kappa shape index (κ2) is 12.2. The summed E-state index contributed by atoms with van der Waals surface area (Å²) in [5, 5.41) is -0.252. The van der Waals surface area contributed by atoms with E-state index in [0.29, 0.717) is 6.61 Å². The van der Waals surface area contributed by atoms with Crippen LogP contribution in [0.4, 0.5) is 0 Å². The number of carbonyl (C=O) groups excluding carboxylic acids is 1. The molecule has 0 aromatic heterocycles. The van der Waals surface area contributed by atoms with Crippen LogP contribution < -0.4 is 0 Å². The number of carbonyl (C=O) groups is 1. The second-order valence-corrected chi connectivity index (χ2v) is 4.71. The first-order valence-corrected chi connectivity index (χ1v) is 7.16. The first kappa shape index (κ1) is 16.8. The van der Waals surface area contributed by atoms with E-state index in [1.807, 2.05) is 6.92 Å². The van der Waals surface area contributed by atoms with Crippen LogP contribution in [0.1, 0.15) is 52.4 Å². The Hall–Kier alpha value is -0.220. The Balaban J connectivity index is 3.32. The number of hydrogen-bond donors (Lipinski definition) is 1. The molecule has 0 bridgehead atoms. The van der Waals surface area contributed by atoms with Gasteiger partial charge in [0.2, 0.25) is 0 Å². The number of ether oxygens (including phenoxy) is 2. The fourth-order valence-electron chi connectivity index (χ4n) is 1.41. The first-order chi connectivity index (χ1) is 8.22. The zero-order valence-electron chi connectivity index (χ0n) is 11.1. The SMILES string of the molecule is CCCCC(S)C(=O)OCCCCCOCC. The van der Waals surface area contributed by atoms with Gasteiger partial charge < -0.3 is 9.47 Å². The summed E-state index contributed by atoms with van der Waals surface area (Å²) in [5.41, 5.74) is 0. The second-order valence-electron chi connectivity index (χ2n) is 4.08. The van der Waals surface area contributed by atoms with Gasteiger partial charge in [0.15, 0.2) is 0 Å². The Morgan fingerprint density at radius 1 is 1.12 bits per heavy atom. The maximum absolute atomic E-state index is 11.5. The molecule has 0 fully saturated rings. The quantitative estimate of drug-likeness (QED) is 0.353. The van der Waals surface area contributed by atoms with Crippen molar-refractivity contribution in [3.63, 3.8) is 0 Å². The van der Waals surface area contributed by atoms with E-state index in [-0.39, 0.29) is 11.2 Å². The van der Waals surface area contributed by atoms with Crippen molar-refractivity contribution in [2.24, 2.45) is 0 Å². The highest BCUT2D eigenvalue weighted by atomic mass is 32.1. The average molecular weight is 262 g/mol. The molecule has 102 valence electrons. The molecule has 0 saturated heterocycles. The monoisotopic (exact) mass is 262 g/mol. The molecule has 3 nitrogen and oxygen atoms in total. The number of esters is 1. The number of hydrogen-bond acceptors (Lipinski definition) is 4. The van der Waals surface area contributed by atoms with E-state index < -0.39 is 0 Å². The maximum atomic E-state index is 11.5. The molecule has 0 aliphatic carbocycles. The topological polar surface area (TPSA) is 35.5 Å². The van der Waals surface area contributed by atoms with Crippen molar-refractivity contribution < 1.29 is 14.3 Å². The van der Waals surface area contributed by atoms with Crippen molar-refractivity contribution in [2.75, 3.05) is 19.8 Å². The van der Waals surface area contributed by atoms with Crippen LogP contribution in [0.25, 0.3) is 0 Å². The standard InChI is InChI=1S/C13H26O3S/c1-3-5-9-12(17)13(14)16-11-8-6-7-10-15-4-2/h12,17H,3-11H2,1-2H3. The van der Waals surface area contributed by atoms with Gasteiger partial charge in [0, 0.05) is 13.2 Å². The lowest BCUT2D eigenvalue weighted by Gasteiger charge is -2.10. The lowest BCUT2D eigenvalue weighted by Crippen LogP contribution is -2.18. The fourth-order valence-corrected chi connectivity index (χ4v) is 1.67. The third kappa shape index (κ3) is 10.6. The van der Waals surface area contributed by atoms with Crippen LogP contribution in [-0.2, 0) is 14.3 Å². The summed E-state index contributed by atoms with van der Waals surface area (Å²) in [7, 11) is 0. The number of thiol groups is 1. The van der Waals surface area contributed by atoms with Gasteiger partial charge in [-0.3, -0.25) is 4.79 Å². The highest BCUT2D eigenvalue weighted by Gasteiger charge is 2.13. The van der Waals surface area contributed by atoms with Gasteiger partial charge in [-0.1, -0.05) is 19.8 Å². The average Bonchev–Trinajstić information content (AvgIpc) is 2.34. The van der Waals surface area contributed by atoms with Crippen LogP contribution in [0.15, 0.2) is 0 Å². The van der Waals surface area contributed by atoms with Crippen LogP contribution in [0, 0.1) is 0 Å². The molecule has 0 aromatic carbocycles. The van der Waals surface area contributed by atoms with Gasteiger partial charge in [-0.2, -0.15) is 12.6 Å². The van der Waals surface area contributed by atoms with Crippen molar-refractivity contribution in [3.05, 3.63) is 0 Å². The number of unbranched alkanes of at least 4 members (excludes halogenated alkanes) is 3. The largest absolute Gasteiger partial charge is 0.465 e. The van der Waals surface area contributed by atoms with Crippen molar-refractivity contribution >= 4 is 18.6 Å². The summed E-state index contributed by atoms with van der Waals surface area (Å²) >= 11 is 4.24. The lowest BCUT2D eigenvalue weighted by molar-refractivity contribution is -0.143. The van der Waals surface area contributed by atoms with Crippen LogP contribution in [0.3, 0.4) is 0 Å². The van der Waals surface area contributed by atoms with E-state index in [9.17, 15) is 4.79 Å².